The van der Waals surface area contributed by atoms with Gasteiger partial charge in [0.15, 0.2) is 0 Å². The third-order valence-corrected chi connectivity index (χ3v) is 1.18. The van der Waals surface area contributed by atoms with E-state index in [-0.39, 0.29) is 24.0 Å². The van der Waals surface area contributed by atoms with Gasteiger partial charge in [-0.3, -0.25) is 4.98 Å². The van der Waals surface area contributed by atoms with Gasteiger partial charge in [-0.1, -0.05) is 0 Å². The molecule has 0 aliphatic carbocycles. The molecule has 0 saturated heterocycles. The van der Waals surface area contributed by atoms with Crippen LogP contribution in [0.4, 0.5) is 5.69 Å². The molecule has 0 aliphatic heterocycles. The van der Waals surface area contributed by atoms with E-state index in [9.17, 15) is 0 Å². The largest absolute Gasteiger partial charge is 0.378 e. The molecule has 3 heteroatoms. The van der Waals surface area contributed by atoms with E-state index in [2.05, 4.69) is 4.98 Å². The van der Waals surface area contributed by atoms with E-state index >= 15 is 0 Å². The molecule has 0 bridgehead atoms. The number of hydrogen-bond donors (Lipinski definition) is 0. The molecule has 0 fully saturated rings. The molecule has 0 N–H and O–H groups in total. The summed E-state index contributed by atoms with van der Waals surface area (Å²) < 4.78 is 0. The van der Waals surface area contributed by atoms with E-state index in [0.717, 1.165) is 0 Å². The Morgan fingerprint density at radius 3 is 2.00 bits per heavy atom. The topological polar surface area (TPSA) is 16.1 Å². The van der Waals surface area contributed by atoms with Crippen molar-refractivity contribution >= 4 is 29.7 Å². The van der Waals surface area contributed by atoms with E-state index in [1.54, 1.807) is 12.4 Å². The minimum absolute atomic E-state index is 0. The molecule has 1 aromatic rings. The number of nitrogens with zero attached hydrogens (tertiary/aromatic N) is 2. The highest BCUT2D eigenvalue weighted by Gasteiger charge is 1.88. The van der Waals surface area contributed by atoms with Gasteiger partial charge < -0.3 is 4.90 Å². The van der Waals surface area contributed by atoms with Crippen LogP contribution in [0.2, 0.25) is 0 Å². The van der Waals surface area contributed by atoms with E-state index in [0.29, 0.717) is 0 Å². The van der Waals surface area contributed by atoms with Gasteiger partial charge in [0.25, 0.3) is 0 Å². The summed E-state index contributed by atoms with van der Waals surface area (Å²) >= 11 is 0. The average Bonchev–Trinajstić information content (AvgIpc) is 1.90. The molecule has 0 aromatic carbocycles. The first kappa shape index (κ1) is 9.68. The first-order valence-electron chi connectivity index (χ1n) is 2.88. The van der Waals surface area contributed by atoms with Crippen molar-refractivity contribution in [3.05, 3.63) is 24.5 Å². The summed E-state index contributed by atoms with van der Waals surface area (Å²) in [7, 11) is 4.02. The minimum Gasteiger partial charge on any atom is -0.378 e. The van der Waals surface area contributed by atoms with Crippen LogP contribution < -0.4 is 4.90 Å². The van der Waals surface area contributed by atoms with Gasteiger partial charge in [-0.25, -0.2) is 0 Å². The molecule has 0 spiro atoms. The van der Waals surface area contributed by atoms with Gasteiger partial charge in [0.2, 0.25) is 0 Å². The predicted molar refractivity (Wildman–Crippen MR) is 54.0 cm³/mol. The highest BCUT2D eigenvalue weighted by molar-refractivity contribution is 14.0. The van der Waals surface area contributed by atoms with Gasteiger partial charge in [0.05, 0.1) is 0 Å². The van der Waals surface area contributed by atoms with E-state index in [1.807, 2.05) is 31.1 Å². The summed E-state index contributed by atoms with van der Waals surface area (Å²) in [5.41, 5.74) is 1.19. The van der Waals surface area contributed by atoms with Gasteiger partial charge in [-0.2, -0.15) is 0 Å². The molecule has 0 atom stereocenters. The summed E-state index contributed by atoms with van der Waals surface area (Å²) in [6, 6.07) is 3.94. The van der Waals surface area contributed by atoms with Crippen molar-refractivity contribution in [2.75, 3.05) is 19.0 Å². The van der Waals surface area contributed by atoms with Crippen LogP contribution in [0.3, 0.4) is 0 Å². The maximum atomic E-state index is 3.90. The molecule has 0 saturated carbocycles. The van der Waals surface area contributed by atoms with Crippen LogP contribution in [0.1, 0.15) is 0 Å². The lowest BCUT2D eigenvalue weighted by Gasteiger charge is -2.10. The maximum Gasteiger partial charge on any atom is 0.0391 e. The monoisotopic (exact) mass is 250 g/mol. The molecule has 1 heterocycles. The third kappa shape index (κ3) is 2.51. The molecular weight excluding hydrogens is 239 g/mol. The SMILES string of the molecule is CN(C)c1ccncc1.I. The molecule has 2 nitrogen and oxygen atoms in total. The van der Waals surface area contributed by atoms with E-state index in [1.165, 1.54) is 5.69 Å². The zero-order valence-corrected chi connectivity index (χ0v) is 8.44. The number of hydrogen-bond acceptors (Lipinski definition) is 2. The average molecular weight is 250 g/mol. The fourth-order valence-electron chi connectivity index (χ4n) is 0.642. The Kier molecular flexibility index (Phi) is 4.34. The summed E-state index contributed by atoms with van der Waals surface area (Å²) in [5, 5.41) is 0. The minimum atomic E-state index is 0. The lowest BCUT2D eigenvalue weighted by molar-refractivity contribution is 1.12. The zero-order chi connectivity index (χ0) is 6.69. The van der Waals surface area contributed by atoms with Gasteiger partial charge in [0, 0.05) is 32.2 Å². The van der Waals surface area contributed by atoms with Crippen molar-refractivity contribution in [1.82, 2.24) is 4.98 Å². The predicted octanol–water partition coefficient (Wildman–Crippen LogP) is 1.77. The maximum absolute atomic E-state index is 3.90. The number of aromatic nitrogens is 1. The highest BCUT2D eigenvalue weighted by Crippen LogP contribution is 2.05. The van der Waals surface area contributed by atoms with Crippen molar-refractivity contribution in [3.63, 3.8) is 0 Å². The lowest BCUT2D eigenvalue weighted by atomic mass is 10.4. The van der Waals surface area contributed by atoms with Crippen LogP contribution in [0.25, 0.3) is 0 Å². The zero-order valence-electron chi connectivity index (χ0n) is 6.11. The number of pyridine rings is 1. The Morgan fingerprint density at radius 1 is 1.20 bits per heavy atom. The fourth-order valence-corrected chi connectivity index (χ4v) is 0.642. The Morgan fingerprint density at radius 2 is 1.70 bits per heavy atom. The number of rotatable bonds is 1. The third-order valence-electron chi connectivity index (χ3n) is 1.18. The first-order chi connectivity index (χ1) is 4.30. The Labute approximate surface area is 78.3 Å². The van der Waals surface area contributed by atoms with Crippen LogP contribution >= 0.6 is 24.0 Å². The summed E-state index contributed by atoms with van der Waals surface area (Å²) in [5.74, 6) is 0. The number of anilines is 1. The van der Waals surface area contributed by atoms with Crippen LogP contribution in [0.5, 0.6) is 0 Å². The van der Waals surface area contributed by atoms with Gasteiger partial charge in [-0.05, 0) is 12.1 Å². The van der Waals surface area contributed by atoms with Crippen molar-refractivity contribution < 1.29 is 0 Å². The summed E-state index contributed by atoms with van der Waals surface area (Å²) in [6.07, 6.45) is 3.57. The molecule has 1 aromatic heterocycles. The molecule has 0 amide bonds. The lowest BCUT2D eigenvalue weighted by Crippen LogP contribution is -2.07. The fraction of sp³-hybridized carbons (Fsp3) is 0.286. The van der Waals surface area contributed by atoms with Gasteiger partial charge in [0.1, 0.15) is 0 Å². The Bertz CT molecular complexity index is 174. The van der Waals surface area contributed by atoms with Crippen LogP contribution in [0, 0.1) is 0 Å². The second-order valence-corrected chi connectivity index (χ2v) is 2.10. The van der Waals surface area contributed by atoms with Crippen molar-refractivity contribution in [2.45, 2.75) is 0 Å². The normalized spacial score (nSPS) is 8.20. The summed E-state index contributed by atoms with van der Waals surface area (Å²) in [4.78, 5) is 5.94. The standard InChI is InChI=1S/C7H10N2.HI/c1-9(2)7-3-5-8-6-4-7;/h3-6H,1-2H3;1H. The van der Waals surface area contributed by atoms with Gasteiger partial charge >= 0.3 is 0 Å². The smallest absolute Gasteiger partial charge is 0.0391 e. The molecule has 1 rings (SSSR count). The summed E-state index contributed by atoms with van der Waals surface area (Å²) in [6.45, 7) is 0. The van der Waals surface area contributed by atoms with Gasteiger partial charge in [-0.15, -0.1) is 24.0 Å². The van der Waals surface area contributed by atoms with Crippen molar-refractivity contribution in [1.29, 1.82) is 0 Å². The second kappa shape index (κ2) is 4.49. The van der Waals surface area contributed by atoms with Crippen LogP contribution in [-0.2, 0) is 0 Å². The molecule has 10 heavy (non-hydrogen) atoms. The van der Waals surface area contributed by atoms with Crippen molar-refractivity contribution in [2.24, 2.45) is 0 Å². The quantitative estimate of drug-likeness (QED) is 0.706. The van der Waals surface area contributed by atoms with Crippen molar-refractivity contribution in [3.8, 4) is 0 Å². The molecular formula is C7H11IN2. The van der Waals surface area contributed by atoms with Crippen LogP contribution in [0.15, 0.2) is 24.5 Å². The highest BCUT2D eigenvalue weighted by atomic mass is 127. The van der Waals surface area contributed by atoms with E-state index in [4.69, 9.17) is 0 Å². The molecule has 56 valence electrons. The second-order valence-electron chi connectivity index (χ2n) is 2.10. The van der Waals surface area contributed by atoms with Crippen LogP contribution in [-0.4, -0.2) is 19.1 Å². The Balaban J connectivity index is 0.000000810. The van der Waals surface area contributed by atoms with E-state index < -0.39 is 0 Å². The Hall–Kier alpha value is -0.320. The number of halogens is 1. The molecule has 0 radical (unpaired) electrons. The molecule has 0 unspecified atom stereocenters. The molecule has 0 aliphatic rings. The first-order valence-corrected chi connectivity index (χ1v) is 2.88.